The maximum Gasteiger partial charge on any atom is 0.326 e. The summed E-state index contributed by atoms with van der Waals surface area (Å²) in [6, 6.07) is 20.9. The molecule has 2 fully saturated rings. The number of imidazole rings is 1. The molecule has 1 saturated heterocycles. The molecule has 1 aliphatic carbocycles. The molecule has 0 bridgehead atoms. The quantitative estimate of drug-likeness (QED) is 0.318. The predicted molar refractivity (Wildman–Crippen MR) is 153 cm³/mol. The molecular formula is C32H38N4O3. The van der Waals surface area contributed by atoms with Crippen molar-refractivity contribution in [3.05, 3.63) is 93.8 Å². The van der Waals surface area contributed by atoms with Crippen LogP contribution in [0.15, 0.2) is 69.9 Å². The van der Waals surface area contributed by atoms with Gasteiger partial charge in [-0.3, -0.25) is 14.3 Å². The van der Waals surface area contributed by atoms with Crippen LogP contribution in [0.2, 0.25) is 0 Å². The van der Waals surface area contributed by atoms with Crippen LogP contribution in [0.4, 0.5) is 0 Å². The fourth-order valence-corrected chi connectivity index (χ4v) is 6.50. The summed E-state index contributed by atoms with van der Waals surface area (Å²) < 4.78 is 8.02. The highest BCUT2D eigenvalue weighted by Gasteiger charge is 2.29. The lowest BCUT2D eigenvalue weighted by Crippen LogP contribution is -2.40. The molecule has 204 valence electrons. The molecular weight excluding hydrogens is 488 g/mol. The first-order chi connectivity index (χ1) is 19.0. The number of piperidine rings is 1. The number of likely N-dealkylation sites (tertiary alicyclic amines) is 1. The van der Waals surface area contributed by atoms with Gasteiger partial charge < -0.3 is 14.3 Å². The van der Waals surface area contributed by atoms with Gasteiger partial charge in [-0.1, -0.05) is 61.2 Å². The van der Waals surface area contributed by atoms with Crippen molar-refractivity contribution in [1.29, 1.82) is 0 Å². The number of aryl methyl sites for hydroxylation is 1. The largest absolute Gasteiger partial charge is 0.455 e. The summed E-state index contributed by atoms with van der Waals surface area (Å²) in [7, 11) is 0. The minimum Gasteiger partial charge on any atom is -0.455 e. The lowest BCUT2D eigenvalue weighted by atomic mass is 9.93. The smallest absolute Gasteiger partial charge is 0.326 e. The Morgan fingerprint density at radius 2 is 1.74 bits per heavy atom. The molecule has 0 atom stereocenters. The van der Waals surface area contributed by atoms with Crippen LogP contribution in [0.5, 0.6) is 0 Å². The summed E-state index contributed by atoms with van der Waals surface area (Å²) in [5, 5.41) is 0. The highest BCUT2D eigenvalue weighted by molar-refractivity contribution is 5.91. The molecule has 1 saturated carbocycles. The second-order valence-electron chi connectivity index (χ2n) is 11.3. The van der Waals surface area contributed by atoms with Gasteiger partial charge in [0.05, 0.1) is 17.6 Å². The lowest BCUT2D eigenvalue weighted by molar-refractivity contribution is 0.0656. The van der Waals surface area contributed by atoms with Gasteiger partial charge in [-0.25, -0.2) is 4.79 Å². The molecule has 1 N–H and O–H groups in total. The third-order valence-electron chi connectivity index (χ3n) is 8.53. The van der Waals surface area contributed by atoms with E-state index in [1.165, 1.54) is 43.2 Å². The van der Waals surface area contributed by atoms with Gasteiger partial charge in [0, 0.05) is 31.7 Å². The SMILES string of the molecule is Cc1cccc(CN(Cc2ccc(C(=O)N3CCC(n4c(=O)[nH]c5ccccc54)CC3)o2)C2CCCCC2)c1. The van der Waals surface area contributed by atoms with Crippen molar-refractivity contribution in [3.8, 4) is 0 Å². The van der Waals surface area contributed by atoms with Crippen LogP contribution >= 0.6 is 0 Å². The number of hydrogen-bond donors (Lipinski definition) is 1. The first-order valence-electron chi connectivity index (χ1n) is 14.4. The zero-order chi connectivity index (χ0) is 26.8. The van der Waals surface area contributed by atoms with Crippen molar-refractivity contribution < 1.29 is 9.21 Å². The zero-order valence-electron chi connectivity index (χ0n) is 22.8. The summed E-state index contributed by atoms with van der Waals surface area (Å²) in [5.41, 5.74) is 4.30. The molecule has 2 aliphatic rings. The van der Waals surface area contributed by atoms with Crippen molar-refractivity contribution in [3.63, 3.8) is 0 Å². The van der Waals surface area contributed by atoms with Crippen LogP contribution in [0.1, 0.15) is 78.4 Å². The number of benzene rings is 2. The number of aromatic amines is 1. The predicted octanol–water partition coefficient (Wildman–Crippen LogP) is 6.04. The number of rotatable bonds is 7. The molecule has 0 radical (unpaired) electrons. The molecule has 2 aromatic carbocycles. The number of furan rings is 1. The van der Waals surface area contributed by atoms with E-state index < -0.39 is 0 Å². The molecule has 3 heterocycles. The number of para-hydroxylation sites is 2. The Morgan fingerprint density at radius 3 is 2.54 bits per heavy atom. The van der Waals surface area contributed by atoms with E-state index in [4.69, 9.17) is 4.42 Å². The van der Waals surface area contributed by atoms with E-state index >= 15 is 0 Å². The van der Waals surface area contributed by atoms with Gasteiger partial charge in [0.2, 0.25) is 0 Å². The summed E-state index contributed by atoms with van der Waals surface area (Å²) in [6.07, 6.45) is 7.79. The minimum atomic E-state index is -0.0789. The van der Waals surface area contributed by atoms with Crippen LogP contribution in [0.3, 0.4) is 0 Å². The molecule has 7 heteroatoms. The van der Waals surface area contributed by atoms with E-state index in [-0.39, 0.29) is 17.6 Å². The normalized spacial score (nSPS) is 17.3. The monoisotopic (exact) mass is 526 g/mol. The fraction of sp³-hybridized carbons (Fsp3) is 0.438. The lowest BCUT2D eigenvalue weighted by Gasteiger charge is -2.34. The third kappa shape index (κ3) is 5.59. The van der Waals surface area contributed by atoms with Gasteiger partial charge in [0.25, 0.3) is 5.91 Å². The van der Waals surface area contributed by atoms with Gasteiger partial charge in [0.15, 0.2) is 5.76 Å². The van der Waals surface area contributed by atoms with Gasteiger partial charge in [0.1, 0.15) is 5.76 Å². The standard InChI is InChI=1S/C32H38N4O3/c1-23-8-7-9-24(20-23)21-35(25-10-3-2-4-11-25)22-27-14-15-30(39-27)31(37)34-18-16-26(17-19-34)36-29-13-6-5-12-28(29)33-32(36)38/h5-9,12-15,20,25-26H,2-4,10-11,16-19,21-22H2,1H3,(H,33,38). The topological polar surface area (TPSA) is 74.5 Å². The van der Waals surface area contributed by atoms with Gasteiger partial charge in [-0.2, -0.15) is 0 Å². The first kappa shape index (κ1) is 25.7. The Hall–Kier alpha value is -3.58. The minimum absolute atomic E-state index is 0.0612. The molecule has 2 aromatic heterocycles. The highest BCUT2D eigenvalue weighted by Crippen LogP contribution is 2.28. The van der Waals surface area contributed by atoms with E-state index in [0.717, 1.165) is 36.2 Å². The van der Waals surface area contributed by atoms with Gasteiger partial charge in [-0.05, 0) is 62.4 Å². The molecule has 6 rings (SSSR count). The molecule has 1 aliphatic heterocycles. The van der Waals surface area contributed by atoms with Crippen LogP contribution in [0.25, 0.3) is 11.0 Å². The maximum absolute atomic E-state index is 13.3. The summed E-state index contributed by atoms with van der Waals surface area (Å²) in [6.45, 7) is 4.94. The number of nitrogens with zero attached hydrogens (tertiary/aromatic N) is 3. The second-order valence-corrected chi connectivity index (χ2v) is 11.3. The average molecular weight is 527 g/mol. The molecule has 4 aromatic rings. The number of fused-ring (bicyclic) bond motifs is 1. The Labute approximate surface area is 229 Å². The third-order valence-corrected chi connectivity index (χ3v) is 8.53. The number of H-pyrrole nitrogens is 1. The molecule has 0 unspecified atom stereocenters. The van der Waals surface area contributed by atoms with Crippen LogP contribution < -0.4 is 5.69 Å². The Bertz CT molecular complexity index is 1480. The summed E-state index contributed by atoms with van der Waals surface area (Å²) >= 11 is 0. The first-order valence-corrected chi connectivity index (χ1v) is 14.4. The van der Waals surface area contributed by atoms with Gasteiger partial charge in [-0.15, -0.1) is 0 Å². The number of carbonyl (C=O) groups is 1. The maximum atomic E-state index is 13.3. The van der Waals surface area contributed by atoms with E-state index in [9.17, 15) is 9.59 Å². The number of aromatic nitrogens is 2. The van der Waals surface area contributed by atoms with E-state index in [0.29, 0.717) is 31.4 Å². The molecule has 39 heavy (non-hydrogen) atoms. The van der Waals surface area contributed by atoms with Crippen molar-refractivity contribution in [2.45, 2.75) is 77.0 Å². The van der Waals surface area contributed by atoms with E-state index in [1.807, 2.05) is 45.9 Å². The Balaban J connectivity index is 1.11. The van der Waals surface area contributed by atoms with Crippen molar-refractivity contribution in [2.75, 3.05) is 13.1 Å². The van der Waals surface area contributed by atoms with Gasteiger partial charge >= 0.3 is 5.69 Å². The van der Waals surface area contributed by atoms with Crippen LogP contribution in [-0.2, 0) is 13.1 Å². The molecule has 1 amide bonds. The number of hydrogen-bond acceptors (Lipinski definition) is 4. The second kappa shape index (κ2) is 11.3. The van der Waals surface area contributed by atoms with Crippen LogP contribution in [0, 0.1) is 6.92 Å². The molecule has 7 nitrogen and oxygen atoms in total. The number of amides is 1. The van der Waals surface area contributed by atoms with E-state index in [1.54, 1.807) is 0 Å². The molecule has 0 spiro atoms. The summed E-state index contributed by atoms with van der Waals surface area (Å²) in [5.74, 6) is 1.19. The van der Waals surface area contributed by atoms with Crippen molar-refractivity contribution in [1.82, 2.24) is 19.4 Å². The number of carbonyl (C=O) groups excluding carboxylic acids is 1. The highest BCUT2D eigenvalue weighted by atomic mass is 16.4. The van der Waals surface area contributed by atoms with Crippen molar-refractivity contribution >= 4 is 16.9 Å². The summed E-state index contributed by atoms with van der Waals surface area (Å²) in [4.78, 5) is 33.3. The van der Waals surface area contributed by atoms with E-state index in [2.05, 4.69) is 41.1 Å². The van der Waals surface area contributed by atoms with Crippen LogP contribution in [-0.4, -0.2) is 44.4 Å². The average Bonchev–Trinajstić information content (AvgIpc) is 3.56. The Morgan fingerprint density at radius 1 is 0.949 bits per heavy atom. The zero-order valence-corrected chi connectivity index (χ0v) is 22.8. The number of nitrogens with one attached hydrogen (secondary N) is 1. The Kier molecular flexibility index (Phi) is 7.42. The fourth-order valence-electron chi connectivity index (χ4n) is 6.50. The van der Waals surface area contributed by atoms with Crippen molar-refractivity contribution in [2.24, 2.45) is 0 Å².